The van der Waals surface area contributed by atoms with Crippen molar-refractivity contribution >= 4 is 46.8 Å². The molecule has 0 aliphatic carbocycles. The van der Waals surface area contributed by atoms with E-state index < -0.39 is 11.8 Å². The van der Waals surface area contributed by atoms with E-state index in [1.807, 2.05) is 37.3 Å². The highest BCUT2D eigenvalue weighted by Gasteiger charge is 2.35. The average Bonchev–Trinajstić information content (AvgIpc) is 2.80. The molecule has 1 heterocycles. The Morgan fingerprint density at radius 2 is 1.73 bits per heavy atom. The van der Waals surface area contributed by atoms with Crippen LogP contribution in [0.5, 0.6) is 11.5 Å². The fourth-order valence-electron chi connectivity index (χ4n) is 3.41. The van der Waals surface area contributed by atoms with Crippen LogP contribution in [0.4, 0.5) is 0 Å². The second kappa shape index (κ2) is 10.6. The van der Waals surface area contributed by atoms with Crippen LogP contribution in [0, 0.1) is 0 Å². The van der Waals surface area contributed by atoms with E-state index in [1.54, 1.807) is 32.3 Å². The van der Waals surface area contributed by atoms with Gasteiger partial charge in [0, 0.05) is 30.2 Å². The Balaban J connectivity index is 2.03. The van der Waals surface area contributed by atoms with Crippen LogP contribution in [0.2, 0.25) is 5.02 Å². The molecular formula is C25H25ClN2O4S. The molecular weight excluding hydrogens is 460 g/mol. The molecule has 8 heteroatoms. The van der Waals surface area contributed by atoms with Crippen molar-refractivity contribution in [3.63, 3.8) is 0 Å². The largest absolute Gasteiger partial charge is 0.490 e. The molecule has 1 aliphatic rings. The lowest BCUT2D eigenvalue weighted by Gasteiger charge is -2.31. The topological polar surface area (TPSA) is 59.1 Å². The minimum absolute atomic E-state index is 0.0188. The van der Waals surface area contributed by atoms with Gasteiger partial charge in [-0.3, -0.25) is 19.4 Å². The van der Waals surface area contributed by atoms with E-state index in [0.717, 1.165) is 11.1 Å². The summed E-state index contributed by atoms with van der Waals surface area (Å²) in [6.07, 6.45) is 3.80. The van der Waals surface area contributed by atoms with Crippen molar-refractivity contribution in [1.82, 2.24) is 9.80 Å². The second-order valence-corrected chi connectivity index (χ2v) is 8.15. The highest BCUT2D eigenvalue weighted by atomic mass is 35.5. The molecule has 1 fully saturated rings. The minimum atomic E-state index is -0.453. The first kappa shape index (κ1) is 24.5. The van der Waals surface area contributed by atoms with Gasteiger partial charge in [-0.25, -0.2) is 0 Å². The molecule has 0 atom stereocenters. The SMILES string of the molecule is C=CCc1cc(C=C2C(=O)N(C)C(=S)N(C)C2=O)cc(OCC)c1OCc1ccccc1Cl. The van der Waals surface area contributed by atoms with Crippen LogP contribution < -0.4 is 9.47 Å². The Labute approximate surface area is 204 Å². The Kier molecular flexibility index (Phi) is 7.89. The average molecular weight is 485 g/mol. The number of carbonyl (C=O) groups is 2. The van der Waals surface area contributed by atoms with Gasteiger partial charge in [-0.1, -0.05) is 35.9 Å². The second-order valence-electron chi connectivity index (χ2n) is 7.38. The van der Waals surface area contributed by atoms with Crippen LogP contribution in [0.15, 0.2) is 54.6 Å². The molecule has 33 heavy (non-hydrogen) atoms. The first-order chi connectivity index (χ1) is 15.8. The summed E-state index contributed by atoms with van der Waals surface area (Å²) in [6.45, 7) is 6.37. The number of carbonyl (C=O) groups excluding carboxylic acids is 2. The van der Waals surface area contributed by atoms with E-state index in [9.17, 15) is 9.59 Å². The molecule has 6 nitrogen and oxygen atoms in total. The van der Waals surface area contributed by atoms with Crippen molar-refractivity contribution in [3.8, 4) is 11.5 Å². The molecule has 2 amide bonds. The number of ether oxygens (including phenoxy) is 2. The number of rotatable bonds is 8. The van der Waals surface area contributed by atoms with Crippen LogP contribution >= 0.6 is 23.8 Å². The lowest BCUT2D eigenvalue weighted by molar-refractivity contribution is -0.132. The Bertz CT molecular complexity index is 1120. The number of allylic oxidation sites excluding steroid dienone is 1. The van der Waals surface area contributed by atoms with E-state index in [1.165, 1.54) is 9.80 Å². The van der Waals surface area contributed by atoms with Crippen LogP contribution in [0.3, 0.4) is 0 Å². The van der Waals surface area contributed by atoms with E-state index in [-0.39, 0.29) is 17.3 Å². The summed E-state index contributed by atoms with van der Waals surface area (Å²) < 4.78 is 12.0. The van der Waals surface area contributed by atoms with Gasteiger partial charge in [-0.05, 0) is 55.4 Å². The molecule has 2 aromatic carbocycles. The van der Waals surface area contributed by atoms with Gasteiger partial charge in [-0.15, -0.1) is 6.58 Å². The van der Waals surface area contributed by atoms with Crippen LogP contribution in [0.1, 0.15) is 23.6 Å². The zero-order chi connectivity index (χ0) is 24.1. The lowest BCUT2D eigenvalue weighted by atomic mass is 10.0. The van der Waals surface area contributed by atoms with Crippen LogP contribution in [-0.2, 0) is 22.6 Å². The van der Waals surface area contributed by atoms with Gasteiger partial charge in [-0.2, -0.15) is 0 Å². The zero-order valence-corrected chi connectivity index (χ0v) is 20.3. The van der Waals surface area contributed by atoms with E-state index in [2.05, 4.69) is 6.58 Å². The summed E-state index contributed by atoms with van der Waals surface area (Å²) in [4.78, 5) is 28.0. The summed E-state index contributed by atoms with van der Waals surface area (Å²) in [5, 5.41) is 0.774. The normalized spacial score (nSPS) is 13.9. The van der Waals surface area contributed by atoms with Crippen LogP contribution in [0.25, 0.3) is 6.08 Å². The quantitative estimate of drug-likeness (QED) is 0.236. The summed E-state index contributed by atoms with van der Waals surface area (Å²) >= 11 is 11.4. The maximum atomic E-state index is 12.7. The molecule has 2 aromatic rings. The molecule has 0 spiro atoms. The van der Waals surface area contributed by atoms with E-state index in [4.69, 9.17) is 33.3 Å². The van der Waals surface area contributed by atoms with Gasteiger partial charge in [0.05, 0.1) is 6.61 Å². The molecule has 0 unspecified atom stereocenters. The highest BCUT2D eigenvalue weighted by Crippen LogP contribution is 2.36. The molecule has 1 saturated heterocycles. The van der Waals surface area contributed by atoms with Crippen LogP contribution in [-0.4, -0.2) is 47.4 Å². The third-order valence-electron chi connectivity index (χ3n) is 5.10. The Hall–Kier alpha value is -3.16. The number of hydrogen-bond donors (Lipinski definition) is 0. The molecule has 0 aromatic heterocycles. The van der Waals surface area contributed by atoms with Gasteiger partial charge < -0.3 is 9.47 Å². The number of nitrogens with zero attached hydrogens (tertiary/aromatic N) is 2. The van der Waals surface area contributed by atoms with Gasteiger partial charge in [0.25, 0.3) is 11.8 Å². The number of thiocarbonyl (C=S) groups is 1. The van der Waals surface area contributed by atoms with Crippen molar-refractivity contribution in [3.05, 3.63) is 76.3 Å². The van der Waals surface area contributed by atoms with Gasteiger partial charge in [0.15, 0.2) is 16.6 Å². The van der Waals surface area contributed by atoms with Crippen molar-refractivity contribution in [1.29, 1.82) is 0 Å². The molecule has 3 rings (SSSR count). The predicted molar refractivity (Wildman–Crippen MR) is 133 cm³/mol. The minimum Gasteiger partial charge on any atom is -0.490 e. The highest BCUT2D eigenvalue weighted by molar-refractivity contribution is 7.80. The molecule has 0 radical (unpaired) electrons. The van der Waals surface area contributed by atoms with E-state index in [0.29, 0.717) is 35.1 Å². The third-order valence-corrected chi connectivity index (χ3v) is 6.02. The molecule has 0 saturated carbocycles. The fraction of sp³-hybridized carbons (Fsp3) is 0.240. The number of likely N-dealkylation sites (N-methyl/N-ethyl adjacent to an activating group) is 2. The maximum absolute atomic E-state index is 12.7. The van der Waals surface area contributed by atoms with Gasteiger partial charge >= 0.3 is 0 Å². The Morgan fingerprint density at radius 3 is 2.33 bits per heavy atom. The summed E-state index contributed by atoms with van der Waals surface area (Å²) in [6, 6.07) is 11.1. The Morgan fingerprint density at radius 1 is 1.06 bits per heavy atom. The standard InChI is InChI=1S/C25H25ClN2O4S/c1-5-9-17-12-16(13-19-23(29)27(3)25(33)28(4)24(19)30)14-21(31-6-2)22(17)32-15-18-10-7-8-11-20(18)26/h5,7-8,10-14H,1,6,9,15H2,2-4H3. The maximum Gasteiger partial charge on any atom is 0.265 e. The first-order valence-corrected chi connectivity index (χ1v) is 11.2. The van der Waals surface area contributed by atoms with Gasteiger partial charge in [0.2, 0.25) is 0 Å². The monoisotopic (exact) mass is 484 g/mol. The lowest BCUT2D eigenvalue weighted by Crippen LogP contribution is -2.52. The summed E-state index contributed by atoms with van der Waals surface area (Å²) in [5.74, 6) is 0.162. The zero-order valence-electron chi connectivity index (χ0n) is 18.8. The van der Waals surface area contributed by atoms with Crippen molar-refractivity contribution in [2.24, 2.45) is 0 Å². The number of amides is 2. The number of hydrogen-bond acceptors (Lipinski definition) is 5. The van der Waals surface area contributed by atoms with E-state index >= 15 is 0 Å². The smallest absolute Gasteiger partial charge is 0.265 e. The van der Waals surface area contributed by atoms with Crippen molar-refractivity contribution in [2.45, 2.75) is 20.0 Å². The predicted octanol–water partition coefficient (Wildman–Crippen LogP) is 4.64. The number of halogens is 1. The first-order valence-electron chi connectivity index (χ1n) is 10.4. The summed E-state index contributed by atoms with van der Waals surface area (Å²) in [7, 11) is 3.09. The molecule has 1 aliphatic heterocycles. The number of benzene rings is 2. The van der Waals surface area contributed by atoms with Crippen molar-refractivity contribution in [2.75, 3.05) is 20.7 Å². The molecule has 0 N–H and O–H groups in total. The third kappa shape index (κ3) is 5.26. The molecule has 0 bridgehead atoms. The fourth-order valence-corrected chi connectivity index (χ4v) is 3.76. The summed E-state index contributed by atoms with van der Waals surface area (Å²) in [5.41, 5.74) is 2.30. The van der Waals surface area contributed by atoms with Crippen molar-refractivity contribution < 1.29 is 19.1 Å². The van der Waals surface area contributed by atoms with Gasteiger partial charge in [0.1, 0.15) is 12.2 Å². The molecule has 172 valence electrons.